The summed E-state index contributed by atoms with van der Waals surface area (Å²) >= 11 is 0. The van der Waals surface area contributed by atoms with Gasteiger partial charge in [0.05, 0.1) is 6.61 Å². The molecule has 0 bridgehead atoms. The molecule has 0 heterocycles. The van der Waals surface area contributed by atoms with Gasteiger partial charge in [-0.15, -0.1) is 0 Å². The van der Waals surface area contributed by atoms with Crippen molar-refractivity contribution in [2.45, 2.75) is 13.3 Å². The number of ether oxygens (including phenoxy) is 3. The minimum absolute atomic E-state index is 0.134. The molecule has 18 heavy (non-hydrogen) atoms. The Balaban J connectivity index is 2.16. The molecule has 0 fully saturated rings. The van der Waals surface area contributed by atoms with Crippen LogP contribution >= 0.6 is 0 Å². The van der Waals surface area contributed by atoms with E-state index in [1.807, 2.05) is 13.0 Å². The summed E-state index contributed by atoms with van der Waals surface area (Å²) in [7, 11) is 0. The summed E-state index contributed by atoms with van der Waals surface area (Å²) in [6.07, 6.45) is -0.120. The van der Waals surface area contributed by atoms with E-state index in [1.165, 1.54) is 0 Å². The molecule has 0 aliphatic rings. The Morgan fingerprint density at radius 1 is 1.06 bits per heavy atom. The quantitative estimate of drug-likeness (QED) is 0.696. The highest BCUT2D eigenvalue weighted by molar-refractivity contribution is 5.82. The molecule has 0 saturated heterocycles. The van der Waals surface area contributed by atoms with Crippen molar-refractivity contribution in [3.8, 4) is 5.75 Å². The summed E-state index contributed by atoms with van der Waals surface area (Å²) in [6.45, 7) is 1.68. The lowest BCUT2D eigenvalue weighted by Gasteiger charge is -2.06. The Labute approximate surface area is 106 Å². The molecule has 0 aliphatic heterocycles. The standard InChI is InChI=1S/C13H16O5/c1-2-8-16-13(15)18-10-11(14)9-17-12-6-4-3-5-7-12/h3-7H,2,8-10H2,1H3. The maximum Gasteiger partial charge on any atom is 0.508 e. The minimum Gasteiger partial charge on any atom is -0.486 e. The van der Waals surface area contributed by atoms with E-state index in [0.29, 0.717) is 12.2 Å². The fraction of sp³-hybridized carbons (Fsp3) is 0.385. The molecular formula is C13H16O5. The number of carbonyl (C=O) groups excluding carboxylic acids is 2. The molecule has 5 heteroatoms. The summed E-state index contributed by atoms with van der Waals surface area (Å²) in [5.41, 5.74) is 0. The topological polar surface area (TPSA) is 61.8 Å². The normalized spacial score (nSPS) is 9.61. The predicted molar refractivity (Wildman–Crippen MR) is 64.5 cm³/mol. The van der Waals surface area contributed by atoms with Crippen molar-refractivity contribution < 1.29 is 23.8 Å². The third kappa shape index (κ3) is 5.89. The van der Waals surface area contributed by atoms with Gasteiger partial charge in [-0.25, -0.2) is 4.79 Å². The van der Waals surface area contributed by atoms with Gasteiger partial charge in [-0.3, -0.25) is 4.79 Å². The molecule has 5 nitrogen and oxygen atoms in total. The second-order valence-electron chi connectivity index (χ2n) is 3.53. The van der Waals surface area contributed by atoms with Gasteiger partial charge >= 0.3 is 6.16 Å². The summed E-state index contributed by atoms with van der Waals surface area (Å²) in [6, 6.07) is 8.94. The molecule has 0 radical (unpaired) electrons. The first kappa shape index (κ1) is 14.0. The average Bonchev–Trinajstić information content (AvgIpc) is 2.41. The number of rotatable bonds is 7. The van der Waals surface area contributed by atoms with Crippen LogP contribution in [0.2, 0.25) is 0 Å². The Morgan fingerprint density at radius 3 is 2.44 bits per heavy atom. The molecule has 0 spiro atoms. The third-order valence-corrected chi connectivity index (χ3v) is 1.92. The highest BCUT2D eigenvalue weighted by Crippen LogP contribution is 2.07. The Kier molecular flexibility index (Phi) is 6.32. The summed E-state index contributed by atoms with van der Waals surface area (Å²) in [5, 5.41) is 0. The molecule has 0 N–H and O–H groups in total. The maximum atomic E-state index is 11.3. The zero-order valence-corrected chi connectivity index (χ0v) is 10.3. The second-order valence-corrected chi connectivity index (χ2v) is 3.53. The summed E-state index contributed by atoms with van der Waals surface area (Å²) < 4.78 is 14.5. The van der Waals surface area contributed by atoms with E-state index in [9.17, 15) is 9.59 Å². The first-order valence-electron chi connectivity index (χ1n) is 5.71. The monoisotopic (exact) mass is 252 g/mol. The molecule has 0 atom stereocenters. The highest BCUT2D eigenvalue weighted by Gasteiger charge is 2.08. The van der Waals surface area contributed by atoms with Crippen LogP contribution in [0.15, 0.2) is 30.3 Å². The van der Waals surface area contributed by atoms with Gasteiger partial charge in [-0.1, -0.05) is 25.1 Å². The number of hydrogen-bond donors (Lipinski definition) is 0. The average molecular weight is 252 g/mol. The lowest BCUT2D eigenvalue weighted by molar-refractivity contribution is -0.124. The zero-order chi connectivity index (χ0) is 13.2. The van der Waals surface area contributed by atoms with Crippen LogP contribution in [0.4, 0.5) is 4.79 Å². The van der Waals surface area contributed by atoms with Gasteiger partial charge in [0.1, 0.15) is 12.4 Å². The van der Waals surface area contributed by atoms with Crippen LogP contribution in [0, 0.1) is 0 Å². The van der Waals surface area contributed by atoms with Crippen molar-refractivity contribution in [1.29, 1.82) is 0 Å². The number of benzene rings is 1. The van der Waals surface area contributed by atoms with Crippen LogP contribution < -0.4 is 4.74 Å². The van der Waals surface area contributed by atoms with E-state index in [1.54, 1.807) is 24.3 Å². The van der Waals surface area contributed by atoms with Crippen LogP contribution in [0.5, 0.6) is 5.75 Å². The van der Waals surface area contributed by atoms with Crippen molar-refractivity contribution >= 4 is 11.9 Å². The van der Waals surface area contributed by atoms with Crippen LogP contribution in [-0.2, 0) is 14.3 Å². The van der Waals surface area contributed by atoms with E-state index >= 15 is 0 Å². The van der Waals surface area contributed by atoms with Crippen molar-refractivity contribution in [2.75, 3.05) is 19.8 Å². The Morgan fingerprint density at radius 2 is 1.78 bits per heavy atom. The van der Waals surface area contributed by atoms with Crippen LogP contribution in [-0.4, -0.2) is 31.8 Å². The van der Waals surface area contributed by atoms with E-state index in [-0.39, 0.29) is 25.6 Å². The highest BCUT2D eigenvalue weighted by atomic mass is 16.7. The van der Waals surface area contributed by atoms with Crippen LogP contribution in [0.1, 0.15) is 13.3 Å². The van der Waals surface area contributed by atoms with Gasteiger partial charge in [0.2, 0.25) is 5.78 Å². The van der Waals surface area contributed by atoms with Gasteiger partial charge in [0, 0.05) is 0 Å². The van der Waals surface area contributed by atoms with Gasteiger partial charge < -0.3 is 14.2 Å². The minimum atomic E-state index is -0.829. The van der Waals surface area contributed by atoms with E-state index in [4.69, 9.17) is 4.74 Å². The first-order chi connectivity index (χ1) is 8.72. The summed E-state index contributed by atoms with van der Waals surface area (Å²) in [4.78, 5) is 22.3. The lowest BCUT2D eigenvalue weighted by atomic mass is 10.3. The SMILES string of the molecule is CCCOC(=O)OCC(=O)COc1ccccc1. The Bertz CT molecular complexity index is 374. The molecule has 0 saturated carbocycles. The third-order valence-electron chi connectivity index (χ3n) is 1.92. The number of Topliss-reactive ketones (excluding diaryl/α,β-unsaturated/α-hetero) is 1. The molecule has 1 rings (SSSR count). The maximum absolute atomic E-state index is 11.3. The molecule has 1 aromatic rings. The molecule has 0 aromatic heterocycles. The molecule has 0 aliphatic carbocycles. The molecule has 98 valence electrons. The molecule has 0 amide bonds. The van der Waals surface area contributed by atoms with Crippen LogP contribution in [0.3, 0.4) is 0 Å². The van der Waals surface area contributed by atoms with E-state index < -0.39 is 6.16 Å². The fourth-order valence-electron chi connectivity index (χ4n) is 1.09. The first-order valence-corrected chi connectivity index (χ1v) is 5.71. The number of para-hydroxylation sites is 1. The Hall–Kier alpha value is -2.04. The number of hydrogen-bond acceptors (Lipinski definition) is 5. The van der Waals surface area contributed by atoms with E-state index in [2.05, 4.69) is 9.47 Å². The van der Waals surface area contributed by atoms with Crippen molar-refractivity contribution in [3.05, 3.63) is 30.3 Å². The van der Waals surface area contributed by atoms with Crippen molar-refractivity contribution in [1.82, 2.24) is 0 Å². The largest absolute Gasteiger partial charge is 0.508 e. The van der Waals surface area contributed by atoms with Gasteiger partial charge in [-0.2, -0.15) is 0 Å². The van der Waals surface area contributed by atoms with Crippen LogP contribution in [0.25, 0.3) is 0 Å². The summed E-state index contributed by atoms with van der Waals surface area (Å²) in [5.74, 6) is 0.270. The predicted octanol–water partition coefficient (Wildman–Crippen LogP) is 2.20. The van der Waals surface area contributed by atoms with Crippen molar-refractivity contribution in [3.63, 3.8) is 0 Å². The van der Waals surface area contributed by atoms with Gasteiger partial charge in [0.15, 0.2) is 6.61 Å². The van der Waals surface area contributed by atoms with Crippen molar-refractivity contribution in [2.24, 2.45) is 0 Å². The smallest absolute Gasteiger partial charge is 0.486 e. The zero-order valence-electron chi connectivity index (χ0n) is 10.3. The lowest BCUT2D eigenvalue weighted by Crippen LogP contribution is -2.20. The number of carbonyl (C=O) groups is 2. The van der Waals surface area contributed by atoms with Gasteiger partial charge in [-0.05, 0) is 18.6 Å². The second kappa shape index (κ2) is 8.11. The number of ketones is 1. The molecule has 0 unspecified atom stereocenters. The van der Waals surface area contributed by atoms with E-state index in [0.717, 1.165) is 0 Å². The molecular weight excluding hydrogens is 236 g/mol. The fourth-order valence-corrected chi connectivity index (χ4v) is 1.09. The molecule has 1 aromatic carbocycles. The van der Waals surface area contributed by atoms with Gasteiger partial charge in [0.25, 0.3) is 0 Å².